The highest BCUT2D eigenvalue weighted by Gasteiger charge is 2.19. The van der Waals surface area contributed by atoms with Crippen LogP contribution in [0.4, 0.5) is 0 Å². The number of carbonyl (C=O) groups is 1. The highest BCUT2D eigenvalue weighted by Crippen LogP contribution is 2.35. The topological polar surface area (TPSA) is 59.6 Å². The van der Waals surface area contributed by atoms with Gasteiger partial charge in [0, 0.05) is 18.7 Å². The van der Waals surface area contributed by atoms with Crippen LogP contribution in [-0.2, 0) is 4.79 Å². The third-order valence-corrected chi connectivity index (χ3v) is 3.06. The fourth-order valence-electron chi connectivity index (χ4n) is 2.03. The molecule has 1 heterocycles. The molecule has 1 aromatic carbocycles. The van der Waals surface area contributed by atoms with Crippen LogP contribution in [0, 0.1) is 0 Å². The summed E-state index contributed by atoms with van der Waals surface area (Å²) in [4.78, 5) is 12.0. The van der Waals surface area contributed by atoms with E-state index in [2.05, 4.69) is 10.6 Å². The SMILES string of the molecule is CCNCCNC(=O)C1=Cc2cccc(OC)c2OC1. The maximum atomic E-state index is 12.0. The minimum Gasteiger partial charge on any atom is -0.493 e. The summed E-state index contributed by atoms with van der Waals surface area (Å²) in [6.45, 7) is 4.56. The minimum absolute atomic E-state index is 0.0867. The maximum Gasteiger partial charge on any atom is 0.250 e. The first-order chi connectivity index (χ1) is 9.76. The van der Waals surface area contributed by atoms with Gasteiger partial charge in [0.15, 0.2) is 11.5 Å². The van der Waals surface area contributed by atoms with Gasteiger partial charge >= 0.3 is 0 Å². The van der Waals surface area contributed by atoms with Crippen molar-refractivity contribution in [2.24, 2.45) is 0 Å². The van der Waals surface area contributed by atoms with Gasteiger partial charge in [-0.15, -0.1) is 0 Å². The minimum atomic E-state index is -0.0867. The fraction of sp³-hybridized carbons (Fsp3) is 0.400. The Morgan fingerprint density at radius 1 is 1.40 bits per heavy atom. The number of fused-ring (bicyclic) bond motifs is 1. The average Bonchev–Trinajstić information content (AvgIpc) is 2.50. The van der Waals surface area contributed by atoms with Crippen LogP contribution in [0.15, 0.2) is 23.8 Å². The molecule has 5 heteroatoms. The Balaban J connectivity index is 2.03. The highest BCUT2D eigenvalue weighted by molar-refractivity contribution is 5.99. The number of likely N-dealkylation sites (N-methyl/N-ethyl adjacent to an activating group) is 1. The molecular formula is C15H20N2O3. The van der Waals surface area contributed by atoms with Crippen molar-refractivity contribution in [2.75, 3.05) is 33.4 Å². The van der Waals surface area contributed by atoms with Crippen LogP contribution < -0.4 is 20.1 Å². The van der Waals surface area contributed by atoms with Gasteiger partial charge in [-0.1, -0.05) is 19.1 Å². The number of amides is 1. The predicted molar refractivity (Wildman–Crippen MR) is 78.0 cm³/mol. The number of methoxy groups -OCH3 is 1. The molecule has 108 valence electrons. The van der Waals surface area contributed by atoms with E-state index in [9.17, 15) is 4.79 Å². The summed E-state index contributed by atoms with van der Waals surface area (Å²) in [5.41, 5.74) is 1.50. The summed E-state index contributed by atoms with van der Waals surface area (Å²) in [6, 6.07) is 5.63. The molecular weight excluding hydrogens is 256 g/mol. The summed E-state index contributed by atoms with van der Waals surface area (Å²) in [7, 11) is 1.60. The van der Waals surface area contributed by atoms with Gasteiger partial charge in [-0.25, -0.2) is 0 Å². The lowest BCUT2D eigenvalue weighted by Crippen LogP contribution is -2.34. The molecule has 0 fully saturated rings. The molecule has 1 aromatic rings. The van der Waals surface area contributed by atoms with Crippen LogP contribution >= 0.6 is 0 Å². The smallest absolute Gasteiger partial charge is 0.250 e. The molecule has 0 aliphatic carbocycles. The van der Waals surface area contributed by atoms with E-state index in [1.807, 2.05) is 31.2 Å². The Labute approximate surface area is 119 Å². The van der Waals surface area contributed by atoms with Crippen molar-refractivity contribution >= 4 is 12.0 Å². The summed E-state index contributed by atoms with van der Waals surface area (Å²) in [5.74, 6) is 1.29. The number of ether oxygens (including phenoxy) is 2. The molecule has 2 N–H and O–H groups in total. The van der Waals surface area contributed by atoms with Gasteiger partial charge in [0.1, 0.15) is 6.61 Å². The number of para-hydroxylation sites is 1. The van der Waals surface area contributed by atoms with Crippen molar-refractivity contribution in [1.82, 2.24) is 10.6 Å². The van der Waals surface area contributed by atoms with Crippen LogP contribution in [0.3, 0.4) is 0 Å². The van der Waals surface area contributed by atoms with E-state index >= 15 is 0 Å². The van der Waals surface area contributed by atoms with Gasteiger partial charge < -0.3 is 20.1 Å². The molecule has 0 atom stereocenters. The van der Waals surface area contributed by atoms with E-state index in [4.69, 9.17) is 9.47 Å². The number of carbonyl (C=O) groups excluding carboxylic acids is 1. The fourth-order valence-corrected chi connectivity index (χ4v) is 2.03. The zero-order valence-electron chi connectivity index (χ0n) is 11.9. The van der Waals surface area contributed by atoms with Gasteiger partial charge in [-0.2, -0.15) is 0 Å². The maximum absolute atomic E-state index is 12.0. The number of hydrogen-bond acceptors (Lipinski definition) is 4. The summed E-state index contributed by atoms with van der Waals surface area (Å²) >= 11 is 0. The van der Waals surface area contributed by atoms with Crippen molar-refractivity contribution in [1.29, 1.82) is 0 Å². The molecule has 0 saturated heterocycles. The second-order valence-electron chi connectivity index (χ2n) is 4.45. The van der Waals surface area contributed by atoms with Crippen molar-refractivity contribution in [3.05, 3.63) is 29.3 Å². The van der Waals surface area contributed by atoms with Crippen LogP contribution in [0.25, 0.3) is 6.08 Å². The lowest BCUT2D eigenvalue weighted by molar-refractivity contribution is -0.117. The monoisotopic (exact) mass is 276 g/mol. The van der Waals surface area contributed by atoms with Crippen LogP contribution in [0.1, 0.15) is 12.5 Å². The number of rotatable bonds is 6. The van der Waals surface area contributed by atoms with Crippen LogP contribution in [-0.4, -0.2) is 39.3 Å². The lowest BCUT2D eigenvalue weighted by atomic mass is 10.1. The van der Waals surface area contributed by atoms with Gasteiger partial charge in [-0.3, -0.25) is 4.79 Å². The molecule has 5 nitrogen and oxygen atoms in total. The molecule has 1 aliphatic rings. The van der Waals surface area contributed by atoms with Crippen LogP contribution in [0.5, 0.6) is 11.5 Å². The van der Waals surface area contributed by atoms with Crippen LogP contribution in [0.2, 0.25) is 0 Å². The van der Waals surface area contributed by atoms with Gasteiger partial charge in [-0.05, 0) is 18.7 Å². The van der Waals surface area contributed by atoms with Gasteiger partial charge in [0.05, 0.1) is 12.7 Å². The zero-order valence-corrected chi connectivity index (χ0v) is 11.9. The summed E-state index contributed by atoms with van der Waals surface area (Å²) in [5, 5.41) is 6.02. The lowest BCUT2D eigenvalue weighted by Gasteiger charge is -2.19. The molecule has 1 amide bonds. The number of nitrogens with one attached hydrogen (secondary N) is 2. The second kappa shape index (κ2) is 6.96. The highest BCUT2D eigenvalue weighted by atomic mass is 16.5. The second-order valence-corrected chi connectivity index (χ2v) is 4.45. The van der Waals surface area contributed by atoms with Crippen molar-refractivity contribution in [3.63, 3.8) is 0 Å². The molecule has 0 aromatic heterocycles. The van der Waals surface area contributed by atoms with E-state index in [1.165, 1.54) is 0 Å². The third-order valence-electron chi connectivity index (χ3n) is 3.06. The van der Waals surface area contributed by atoms with E-state index in [0.29, 0.717) is 23.6 Å². The van der Waals surface area contributed by atoms with E-state index < -0.39 is 0 Å². The van der Waals surface area contributed by atoms with Crippen molar-refractivity contribution < 1.29 is 14.3 Å². The van der Waals surface area contributed by atoms with Gasteiger partial charge in [0.25, 0.3) is 5.91 Å². The van der Waals surface area contributed by atoms with E-state index in [-0.39, 0.29) is 12.5 Å². The molecule has 0 saturated carbocycles. The molecule has 2 rings (SSSR count). The normalized spacial score (nSPS) is 13.0. The summed E-state index contributed by atoms with van der Waals surface area (Å²) < 4.78 is 10.9. The molecule has 1 aliphatic heterocycles. The quantitative estimate of drug-likeness (QED) is 0.766. The molecule has 0 bridgehead atoms. The Morgan fingerprint density at radius 2 is 2.25 bits per heavy atom. The first-order valence-electron chi connectivity index (χ1n) is 6.75. The molecule has 0 unspecified atom stereocenters. The number of benzene rings is 1. The summed E-state index contributed by atoms with van der Waals surface area (Å²) in [6.07, 6.45) is 1.85. The third kappa shape index (κ3) is 3.30. The Morgan fingerprint density at radius 3 is 3.00 bits per heavy atom. The Bertz CT molecular complexity index is 512. The zero-order chi connectivity index (χ0) is 14.4. The predicted octanol–water partition coefficient (Wildman–Crippen LogP) is 1.20. The van der Waals surface area contributed by atoms with Crippen molar-refractivity contribution in [3.8, 4) is 11.5 Å². The molecule has 0 radical (unpaired) electrons. The van der Waals surface area contributed by atoms with E-state index in [0.717, 1.165) is 18.7 Å². The molecule has 0 spiro atoms. The first kappa shape index (κ1) is 14.4. The average molecular weight is 276 g/mol. The Hall–Kier alpha value is -2.01. The first-order valence-corrected chi connectivity index (χ1v) is 6.75. The Kier molecular flexibility index (Phi) is 5.01. The standard InChI is InChI=1S/C15H20N2O3/c1-3-16-7-8-17-15(18)12-9-11-5-4-6-13(19-2)14(11)20-10-12/h4-6,9,16H,3,7-8,10H2,1-2H3,(H,17,18). The van der Waals surface area contributed by atoms with Crippen molar-refractivity contribution in [2.45, 2.75) is 6.92 Å². The number of hydrogen-bond donors (Lipinski definition) is 2. The largest absolute Gasteiger partial charge is 0.493 e. The van der Waals surface area contributed by atoms with Gasteiger partial charge in [0.2, 0.25) is 0 Å². The van der Waals surface area contributed by atoms with E-state index in [1.54, 1.807) is 7.11 Å². The molecule has 20 heavy (non-hydrogen) atoms.